The summed E-state index contributed by atoms with van der Waals surface area (Å²) in [5, 5.41) is 0.745. The van der Waals surface area contributed by atoms with Crippen molar-refractivity contribution in [2.75, 3.05) is 0 Å². The van der Waals surface area contributed by atoms with E-state index < -0.39 is 0 Å². The molecule has 1 saturated carbocycles. The van der Waals surface area contributed by atoms with Gasteiger partial charge in [0.1, 0.15) is 0 Å². The number of rotatable bonds is 2. The van der Waals surface area contributed by atoms with Crippen molar-refractivity contribution in [3.05, 3.63) is 33.8 Å². The summed E-state index contributed by atoms with van der Waals surface area (Å²) in [5.74, 6) is 0.580. The highest BCUT2D eigenvalue weighted by Crippen LogP contribution is 2.34. The first-order valence-corrected chi connectivity index (χ1v) is 5.28. The molecular weight excluding hydrogens is 196 g/mol. The Labute approximate surface area is 89.1 Å². The van der Waals surface area contributed by atoms with E-state index in [1.54, 1.807) is 0 Å². The molecule has 0 aromatic heterocycles. The van der Waals surface area contributed by atoms with Gasteiger partial charge >= 0.3 is 0 Å². The number of aryl methyl sites for hydroxylation is 2. The van der Waals surface area contributed by atoms with Gasteiger partial charge in [-0.3, -0.25) is 4.79 Å². The second kappa shape index (κ2) is 3.39. The van der Waals surface area contributed by atoms with Gasteiger partial charge in [-0.2, -0.15) is 0 Å². The molecule has 0 N–H and O–H groups in total. The maximum Gasteiger partial charge on any atom is 0.166 e. The van der Waals surface area contributed by atoms with E-state index in [1.807, 2.05) is 26.0 Å². The summed E-state index contributed by atoms with van der Waals surface area (Å²) >= 11 is 5.97. The largest absolute Gasteiger partial charge is 0.294 e. The van der Waals surface area contributed by atoms with E-state index in [2.05, 4.69) is 0 Å². The van der Waals surface area contributed by atoms with E-state index in [9.17, 15) is 4.79 Å². The summed E-state index contributed by atoms with van der Waals surface area (Å²) in [5.41, 5.74) is 2.84. The van der Waals surface area contributed by atoms with Gasteiger partial charge in [-0.15, -0.1) is 0 Å². The molecule has 0 bridgehead atoms. The normalized spacial score (nSPS) is 15.6. The van der Waals surface area contributed by atoms with Crippen LogP contribution in [0.2, 0.25) is 5.02 Å². The molecule has 0 unspecified atom stereocenters. The van der Waals surface area contributed by atoms with Crippen LogP contribution >= 0.6 is 11.6 Å². The van der Waals surface area contributed by atoms with Crippen molar-refractivity contribution in [1.82, 2.24) is 0 Å². The topological polar surface area (TPSA) is 17.1 Å². The lowest BCUT2D eigenvalue weighted by Crippen LogP contribution is -2.04. The quantitative estimate of drug-likeness (QED) is 0.680. The van der Waals surface area contributed by atoms with Crippen LogP contribution in [0.1, 0.15) is 34.3 Å². The molecule has 1 nitrogen and oxygen atoms in total. The first kappa shape index (κ1) is 9.72. The fourth-order valence-corrected chi connectivity index (χ4v) is 1.83. The maximum atomic E-state index is 11.8. The van der Waals surface area contributed by atoms with E-state index in [0.717, 1.165) is 34.6 Å². The Morgan fingerprint density at radius 3 is 2.50 bits per heavy atom. The molecule has 1 fully saturated rings. The molecule has 0 atom stereocenters. The SMILES string of the molecule is Cc1cc(C(=O)C2CC2)c(C)cc1Cl. The number of carbonyl (C=O) groups is 1. The second-order valence-electron chi connectivity index (χ2n) is 4.05. The number of hydrogen-bond acceptors (Lipinski definition) is 1. The minimum atomic E-state index is 0.286. The summed E-state index contributed by atoms with van der Waals surface area (Å²) in [4.78, 5) is 11.8. The monoisotopic (exact) mass is 208 g/mol. The maximum absolute atomic E-state index is 11.8. The van der Waals surface area contributed by atoms with Crippen molar-refractivity contribution in [2.45, 2.75) is 26.7 Å². The minimum absolute atomic E-state index is 0.286. The van der Waals surface area contributed by atoms with Crippen molar-refractivity contribution in [3.8, 4) is 0 Å². The molecule has 2 heteroatoms. The number of halogens is 1. The van der Waals surface area contributed by atoms with Crippen molar-refractivity contribution >= 4 is 17.4 Å². The van der Waals surface area contributed by atoms with E-state index in [-0.39, 0.29) is 5.92 Å². The fourth-order valence-electron chi connectivity index (χ4n) is 1.61. The summed E-state index contributed by atoms with van der Waals surface area (Å²) in [6, 6.07) is 3.80. The van der Waals surface area contributed by atoms with Crippen molar-refractivity contribution in [2.24, 2.45) is 5.92 Å². The molecule has 1 aliphatic carbocycles. The molecule has 0 amide bonds. The Hall–Kier alpha value is -0.820. The average molecular weight is 209 g/mol. The third-order valence-electron chi connectivity index (χ3n) is 2.72. The smallest absolute Gasteiger partial charge is 0.166 e. The van der Waals surface area contributed by atoms with Crippen LogP contribution in [0.25, 0.3) is 0 Å². The Bertz CT molecular complexity index is 392. The molecule has 0 spiro atoms. The highest BCUT2D eigenvalue weighted by molar-refractivity contribution is 6.31. The Morgan fingerprint density at radius 2 is 1.93 bits per heavy atom. The van der Waals surface area contributed by atoms with Gasteiger partial charge in [-0.05, 0) is 49.9 Å². The van der Waals surface area contributed by atoms with Gasteiger partial charge in [0.15, 0.2) is 5.78 Å². The molecule has 1 aliphatic rings. The van der Waals surface area contributed by atoms with Crippen LogP contribution in [0, 0.1) is 19.8 Å². The number of hydrogen-bond donors (Lipinski definition) is 0. The summed E-state index contributed by atoms with van der Waals surface area (Å²) in [7, 11) is 0. The van der Waals surface area contributed by atoms with Crippen LogP contribution in [0.3, 0.4) is 0 Å². The second-order valence-corrected chi connectivity index (χ2v) is 4.46. The molecule has 0 heterocycles. The Kier molecular flexibility index (Phi) is 2.36. The van der Waals surface area contributed by atoms with Crippen molar-refractivity contribution < 1.29 is 4.79 Å². The third kappa shape index (κ3) is 1.69. The van der Waals surface area contributed by atoms with Gasteiger partial charge in [0.2, 0.25) is 0 Å². The van der Waals surface area contributed by atoms with Gasteiger partial charge in [-0.1, -0.05) is 11.6 Å². The Morgan fingerprint density at radius 1 is 1.29 bits per heavy atom. The number of Topliss-reactive ketones (excluding diaryl/α,β-unsaturated/α-hetero) is 1. The first-order chi connectivity index (χ1) is 6.59. The van der Waals surface area contributed by atoms with Crippen molar-refractivity contribution in [3.63, 3.8) is 0 Å². The molecule has 1 aromatic carbocycles. The Balaban J connectivity index is 2.41. The third-order valence-corrected chi connectivity index (χ3v) is 3.13. The molecule has 0 saturated heterocycles. The highest BCUT2D eigenvalue weighted by Gasteiger charge is 2.31. The minimum Gasteiger partial charge on any atom is -0.294 e. The molecule has 1 aromatic rings. The van der Waals surface area contributed by atoms with Crippen LogP contribution in [0.4, 0.5) is 0 Å². The zero-order valence-corrected chi connectivity index (χ0v) is 9.19. The van der Waals surface area contributed by atoms with Gasteiger partial charge < -0.3 is 0 Å². The summed E-state index contributed by atoms with van der Waals surface area (Å²) in [6.45, 7) is 3.88. The predicted octanol–water partition coefficient (Wildman–Crippen LogP) is 3.55. The number of ketones is 1. The molecule has 74 valence electrons. The molecule has 0 radical (unpaired) electrons. The number of benzene rings is 1. The standard InChI is InChI=1S/C12H13ClO/c1-7-6-11(13)8(2)5-10(7)12(14)9-3-4-9/h5-6,9H,3-4H2,1-2H3. The van der Waals surface area contributed by atoms with E-state index >= 15 is 0 Å². The highest BCUT2D eigenvalue weighted by atomic mass is 35.5. The predicted molar refractivity (Wildman–Crippen MR) is 58.0 cm³/mol. The summed E-state index contributed by atoms with van der Waals surface area (Å²) < 4.78 is 0. The lowest BCUT2D eigenvalue weighted by atomic mass is 9.99. The van der Waals surface area contributed by atoms with Crippen LogP contribution in [-0.4, -0.2) is 5.78 Å². The fraction of sp³-hybridized carbons (Fsp3) is 0.417. The molecule has 2 rings (SSSR count). The first-order valence-electron chi connectivity index (χ1n) is 4.90. The van der Waals surface area contributed by atoms with E-state index in [4.69, 9.17) is 11.6 Å². The van der Waals surface area contributed by atoms with Gasteiger partial charge in [-0.25, -0.2) is 0 Å². The van der Waals surface area contributed by atoms with Crippen molar-refractivity contribution in [1.29, 1.82) is 0 Å². The van der Waals surface area contributed by atoms with Gasteiger partial charge in [0.25, 0.3) is 0 Å². The number of carbonyl (C=O) groups excluding carboxylic acids is 1. The zero-order chi connectivity index (χ0) is 10.3. The lowest BCUT2D eigenvalue weighted by molar-refractivity contribution is 0.0967. The van der Waals surface area contributed by atoms with Crippen LogP contribution in [0.5, 0.6) is 0 Å². The zero-order valence-electron chi connectivity index (χ0n) is 8.43. The van der Waals surface area contributed by atoms with E-state index in [0.29, 0.717) is 5.78 Å². The lowest BCUT2D eigenvalue weighted by Gasteiger charge is -2.06. The molecular formula is C12H13ClO. The summed E-state index contributed by atoms with van der Waals surface area (Å²) in [6.07, 6.45) is 2.11. The average Bonchev–Trinajstić information content (AvgIpc) is 2.93. The van der Waals surface area contributed by atoms with Gasteiger partial charge in [0.05, 0.1) is 0 Å². The van der Waals surface area contributed by atoms with Crippen LogP contribution in [-0.2, 0) is 0 Å². The molecule has 14 heavy (non-hydrogen) atoms. The van der Waals surface area contributed by atoms with E-state index in [1.165, 1.54) is 0 Å². The van der Waals surface area contributed by atoms with Gasteiger partial charge in [0, 0.05) is 16.5 Å². The van der Waals surface area contributed by atoms with Crippen LogP contribution < -0.4 is 0 Å². The van der Waals surface area contributed by atoms with Crippen LogP contribution in [0.15, 0.2) is 12.1 Å². The molecule has 0 aliphatic heterocycles.